The molecule has 0 unspecified atom stereocenters. The van der Waals surface area contributed by atoms with Crippen molar-refractivity contribution in [2.24, 2.45) is 5.41 Å². The van der Waals surface area contributed by atoms with E-state index in [9.17, 15) is 9.18 Å². The fourth-order valence-corrected chi connectivity index (χ4v) is 5.50. The lowest BCUT2D eigenvalue weighted by Crippen LogP contribution is -2.41. The fraction of sp³-hybridized carbons (Fsp3) is 0.444. The molecule has 196 valence electrons. The third kappa shape index (κ3) is 5.43. The van der Waals surface area contributed by atoms with Crippen LogP contribution in [-0.2, 0) is 4.79 Å². The van der Waals surface area contributed by atoms with E-state index in [0.29, 0.717) is 41.2 Å². The smallest absolute Gasteiger partial charge is 0.222 e. The molecule has 0 radical (unpaired) electrons. The summed E-state index contributed by atoms with van der Waals surface area (Å²) >= 11 is 5.93. The molecule has 0 bridgehead atoms. The van der Waals surface area contributed by atoms with Gasteiger partial charge in [-0.15, -0.1) is 0 Å². The van der Waals surface area contributed by atoms with Crippen molar-refractivity contribution < 1.29 is 18.7 Å². The maximum absolute atomic E-state index is 14.5. The zero-order valence-electron chi connectivity index (χ0n) is 21.1. The van der Waals surface area contributed by atoms with Gasteiger partial charge in [0, 0.05) is 38.0 Å². The largest absolute Gasteiger partial charge is 0.493 e. The highest BCUT2D eigenvalue weighted by Crippen LogP contribution is 2.40. The Bertz CT molecular complexity index is 1300. The molecular weight excluding hydrogens is 497 g/mol. The first-order valence-electron chi connectivity index (χ1n) is 12.5. The van der Waals surface area contributed by atoms with E-state index in [1.54, 1.807) is 25.3 Å². The van der Waals surface area contributed by atoms with Crippen LogP contribution in [0.3, 0.4) is 0 Å². The summed E-state index contributed by atoms with van der Waals surface area (Å²) in [6.45, 7) is 4.35. The number of amides is 1. The first kappa shape index (κ1) is 25.5. The molecule has 5 rings (SSSR count). The molecule has 3 heterocycles. The van der Waals surface area contributed by atoms with Crippen molar-refractivity contribution in [1.29, 1.82) is 0 Å². The highest BCUT2D eigenvalue weighted by molar-refractivity contribution is 6.31. The summed E-state index contributed by atoms with van der Waals surface area (Å²) < 4.78 is 26.1. The number of rotatable bonds is 8. The number of benzene rings is 2. The minimum absolute atomic E-state index is 0.0296. The first-order valence-corrected chi connectivity index (χ1v) is 12.9. The number of nitrogens with one attached hydrogen (secondary N) is 1. The van der Waals surface area contributed by atoms with Crippen molar-refractivity contribution >= 4 is 39.9 Å². The molecule has 2 saturated heterocycles. The molecule has 0 saturated carbocycles. The highest BCUT2D eigenvalue weighted by atomic mass is 35.5. The summed E-state index contributed by atoms with van der Waals surface area (Å²) in [5, 5.41) is 3.73. The molecule has 1 aromatic heterocycles. The first-order chi connectivity index (χ1) is 17.9. The molecule has 1 spiro atoms. The summed E-state index contributed by atoms with van der Waals surface area (Å²) in [5.74, 6) is 1.31. The van der Waals surface area contributed by atoms with E-state index in [1.165, 1.54) is 12.4 Å². The molecule has 2 aromatic carbocycles. The van der Waals surface area contributed by atoms with E-state index >= 15 is 0 Å². The Kier molecular flexibility index (Phi) is 7.35. The molecule has 0 atom stereocenters. The lowest BCUT2D eigenvalue weighted by atomic mass is 9.77. The Balaban J connectivity index is 1.22. The van der Waals surface area contributed by atoms with Gasteiger partial charge in [-0.1, -0.05) is 17.7 Å². The molecular formula is C27H31ClFN5O3. The molecule has 0 aliphatic carbocycles. The van der Waals surface area contributed by atoms with Crippen LogP contribution in [-0.4, -0.2) is 72.6 Å². The second-order valence-electron chi connectivity index (χ2n) is 9.94. The SMILES string of the molecule is COc1cc2ncnc(Nc3cccc(Cl)c3F)c2cc1OCCCN1CCC2(CC1)CC(=O)N(C)C2. The van der Waals surface area contributed by atoms with Crippen LogP contribution in [0, 0.1) is 11.2 Å². The van der Waals surface area contributed by atoms with Crippen LogP contribution in [0.5, 0.6) is 11.5 Å². The van der Waals surface area contributed by atoms with Gasteiger partial charge in [-0.25, -0.2) is 14.4 Å². The maximum atomic E-state index is 14.5. The average Bonchev–Trinajstić information content (AvgIpc) is 3.17. The third-order valence-corrected chi connectivity index (χ3v) is 7.73. The quantitative estimate of drug-likeness (QED) is 0.418. The van der Waals surface area contributed by atoms with E-state index in [0.717, 1.165) is 45.4 Å². The van der Waals surface area contributed by atoms with Crippen molar-refractivity contribution in [3.05, 3.63) is 47.5 Å². The number of piperidine rings is 1. The van der Waals surface area contributed by atoms with Gasteiger partial charge in [-0.2, -0.15) is 0 Å². The fourth-order valence-electron chi connectivity index (χ4n) is 5.32. The van der Waals surface area contributed by atoms with E-state index < -0.39 is 5.82 Å². The summed E-state index contributed by atoms with van der Waals surface area (Å²) in [4.78, 5) is 25.0. The zero-order valence-corrected chi connectivity index (χ0v) is 21.9. The predicted molar refractivity (Wildman–Crippen MR) is 141 cm³/mol. The van der Waals surface area contributed by atoms with Crippen LogP contribution in [0.1, 0.15) is 25.7 Å². The summed E-state index contributed by atoms with van der Waals surface area (Å²) in [7, 11) is 3.49. The molecule has 37 heavy (non-hydrogen) atoms. The number of carbonyl (C=O) groups excluding carboxylic acids is 1. The number of carbonyl (C=O) groups is 1. The van der Waals surface area contributed by atoms with Gasteiger partial charge in [-0.05, 0) is 56.0 Å². The maximum Gasteiger partial charge on any atom is 0.222 e. The van der Waals surface area contributed by atoms with Crippen molar-refractivity contribution in [1.82, 2.24) is 19.8 Å². The van der Waals surface area contributed by atoms with Crippen LogP contribution < -0.4 is 14.8 Å². The van der Waals surface area contributed by atoms with Gasteiger partial charge in [0.05, 0.1) is 29.9 Å². The number of nitrogens with zero attached hydrogens (tertiary/aromatic N) is 4. The van der Waals surface area contributed by atoms with Crippen molar-refractivity contribution in [3.8, 4) is 11.5 Å². The van der Waals surface area contributed by atoms with E-state index in [1.807, 2.05) is 18.0 Å². The topological polar surface area (TPSA) is 79.8 Å². The monoisotopic (exact) mass is 527 g/mol. The number of halogens is 2. The Morgan fingerprint density at radius 2 is 2.00 bits per heavy atom. The van der Waals surface area contributed by atoms with Crippen molar-refractivity contribution in [2.75, 3.05) is 52.3 Å². The van der Waals surface area contributed by atoms with Crippen LogP contribution in [0.2, 0.25) is 5.02 Å². The number of fused-ring (bicyclic) bond motifs is 1. The lowest BCUT2D eigenvalue weighted by Gasteiger charge is -2.38. The number of likely N-dealkylation sites (tertiary alicyclic amines) is 2. The number of ether oxygens (including phenoxy) is 2. The Hall–Kier alpha value is -3.17. The second kappa shape index (κ2) is 10.7. The number of aromatic nitrogens is 2. The summed E-state index contributed by atoms with van der Waals surface area (Å²) in [6.07, 6.45) is 5.08. The number of anilines is 2. The average molecular weight is 528 g/mol. The Labute approximate surface area is 220 Å². The zero-order chi connectivity index (χ0) is 26.0. The predicted octanol–water partition coefficient (Wildman–Crippen LogP) is 4.89. The molecule has 2 fully saturated rings. The van der Waals surface area contributed by atoms with Gasteiger partial charge in [0.2, 0.25) is 5.91 Å². The minimum Gasteiger partial charge on any atom is -0.493 e. The van der Waals surface area contributed by atoms with Gasteiger partial charge in [0.25, 0.3) is 0 Å². The van der Waals surface area contributed by atoms with Gasteiger partial charge in [-0.3, -0.25) is 4.79 Å². The highest BCUT2D eigenvalue weighted by Gasteiger charge is 2.43. The second-order valence-corrected chi connectivity index (χ2v) is 10.3. The normalized spacial score (nSPS) is 17.5. The molecule has 8 nitrogen and oxygen atoms in total. The van der Waals surface area contributed by atoms with Crippen LogP contribution in [0.15, 0.2) is 36.7 Å². The third-order valence-electron chi connectivity index (χ3n) is 7.44. The number of methoxy groups -OCH3 is 1. The van der Waals surface area contributed by atoms with Gasteiger partial charge in [0.1, 0.15) is 12.1 Å². The van der Waals surface area contributed by atoms with Gasteiger partial charge >= 0.3 is 0 Å². The summed E-state index contributed by atoms with van der Waals surface area (Å²) in [5.41, 5.74) is 1.03. The van der Waals surface area contributed by atoms with Crippen LogP contribution in [0.25, 0.3) is 10.9 Å². The standard InChI is InChI=1S/C27H31ClFN5O3/c1-33-16-27(15-24(33)35)7-10-34(11-8-27)9-4-12-37-23-13-18-21(14-22(23)36-2)30-17-31-26(18)32-20-6-3-5-19(28)25(20)29/h3,5-6,13-14,17H,4,7-12,15-16H2,1-2H3,(H,30,31,32). The van der Waals surface area contributed by atoms with E-state index in [2.05, 4.69) is 20.2 Å². The van der Waals surface area contributed by atoms with Crippen LogP contribution in [0.4, 0.5) is 15.9 Å². The molecule has 1 N–H and O–H groups in total. The molecule has 3 aromatic rings. The van der Waals surface area contributed by atoms with Crippen LogP contribution >= 0.6 is 11.6 Å². The molecule has 10 heteroatoms. The molecule has 1 amide bonds. The minimum atomic E-state index is -0.545. The lowest BCUT2D eigenvalue weighted by molar-refractivity contribution is -0.126. The van der Waals surface area contributed by atoms with Gasteiger partial charge < -0.3 is 24.6 Å². The van der Waals surface area contributed by atoms with Crippen molar-refractivity contribution in [2.45, 2.75) is 25.7 Å². The summed E-state index contributed by atoms with van der Waals surface area (Å²) in [6, 6.07) is 8.37. The van der Waals surface area contributed by atoms with E-state index in [-0.39, 0.29) is 22.0 Å². The van der Waals surface area contributed by atoms with Gasteiger partial charge in [0.15, 0.2) is 17.3 Å². The Morgan fingerprint density at radius 1 is 1.19 bits per heavy atom. The number of hydrogen-bond acceptors (Lipinski definition) is 7. The number of hydrogen-bond donors (Lipinski definition) is 1. The Morgan fingerprint density at radius 3 is 2.73 bits per heavy atom. The van der Waals surface area contributed by atoms with E-state index in [4.69, 9.17) is 21.1 Å². The molecule has 2 aliphatic heterocycles. The molecule has 2 aliphatic rings. The van der Waals surface area contributed by atoms with Crippen molar-refractivity contribution in [3.63, 3.8) is 0 Å².